The Morgan fingerprint density at radius 1 is 1.53 bits per heavy atom. The lowest BCUT2D eigenvalue weighted by atomic mass is 9.80. The Hall–Kier alpha value is -1.23. The van der Waals surface area contributed by atoms with E-state index in [1.807, 2.05) is 0 Å². The predicted molar refractivity (Wildman–Crippen MR) is 70.8 cm³/mol. The molecule has 1 aromatic rings. The fraction of sp³-hybridized carbons (Fsp3) is 0.643. The summed E-state index contributed by atoms with van der Waals surface area (Å²) < 4.78 is 26.2. The zero-order chi connectivity index (χ0) is 13.8. The molecule has 5 heteroatoms. The van der Waals surface area contributed by atoms with E-state index in [2.05, 4.69) is 30.2 Å². The second-order valence-electron chi connectivity index (χ2n) is 5.27. The highest BCUT2D eigenvalue weighted by molar-refractivity contribution is 5.09. The topological polar surface area (TPSA) is 29.9 Å². The SMILES string of the molecule is CC1=CCC[C@H](C)[C@@H]1CNCc1nccn1C(F)F. The number of alkyl halides is 2. The van der Waals surface area contributed by atoms with E-state index < -0.39 is 6.55 Å². The van der Waals surface area contributed by atoms with Crippen LogP contribution in [0.4, 0.5) is 8.78 Å². The molecular weight excluding hydrogens is 248 g/mol. The minimum Gasteiger partial charge on any atom is -0.309 e. The fourth-order valence-electron chi connectivity index (χ4n) is 2.74. The molecule has 0 aromatic carbocycles. The number of halogens is 2. The number of hydrogen-bond acceptors (Lipinski definition) is 2. The van der Waals surface area contributed by atoms with Gasteiger partial charge in [0.05, 0.1) is 6.54 Å². The molecule has 0 bridgehead atoms. The molecule has 0 saturated heterocycles. The highest BCUT2D eigenvalue weighted by Crippen LogP contribution is 2.29. The summed E-state index contributed by atoms with van der Waals surface area (Å²) in [6, 6.07) is 0. The zero-order valence-electron chi connectivity index (χ0n) is 11.4. The number of nitrogens with zero attached hydrogens (tertiary/aromatic N) is 2. The molecule has 19 heavy (non-hydrogen) atoms. The smallest absolute Gasteiger partial charge is 0.309 e. The van der Waals surface area contributed by atoms with Gasteiger partial charge in [-0.15, -0.1) is 0 Å². The Bertz CT molecular complexity index is 440. The van der Waals surface area contributed by atoms with Crippen molar-refractivity contribution in [2.45, 2.75) is 39.8 Å². The lowest BCUT2D eigenvalue weighted by Gasteiger charge is -2.29. The lowest BCUT2D eigenvalue weighted by Crippen LogP contribution is -2.30. The molecule has 2 rings (SSSR count). The highest BCUT2D eigenvalue weighted by Gasteiger charge is 2.21. The largest absolute Gasteiger partial charge is 0.319 e. The van der Waals surface area contributed by atoms with Crippen molar-refractivity contribution in [1.82, 2.24) is 14.9 Å². The second-order valence-corrected chi connectivity index (χ2v) is 5.27. The van der Waals surface area contributed by atoms with E-state index in [1.54, 1.807) is 0 Å². The first kappa shape index (κ1) is 14.2. The Labute approximate surface area is 112 Å². The van der Waals surface area contributed by atoms with Crippen molar-refractivity contribution in [2.24, 2.45) is 11.8 Å². The van der Waals surface area contributed by atoms with Gasteiger partial charge >= 0.3 is 6.55 Å². The number of hydrogen-bond donors (Lipinski definition) is 1. The van der Waals surface area contributed by atoms with Crippen LogP contribution in [0.2, 0.25) is 0 Å². The van der Waals surface area contributed by atoms with Crippen molar-refractivity contribution in [1.29, 1.82) is 0 Å². The molecule has 0 aliphatic heterocycles. The summed E-state index contributed by atoms with van der Waals surface area (Å²) >= 11 is 0. The standard InChI is InChI=1S/C14H21F2N3/c1-10-4-3-5-11(2)12(10)8-17-9-13-18-6-7-19(13)14(15)16/h4,6-7,11-12,14,17H,3,5,8-9H2,1-2H3/t11-,12+/m0/s1. The van der Waals surface area contributed by atoms with Crippen LogP contribution in [0.5, 0.6) is 0 Å². The zero-order valence-corrected chi connectivity index (χ0v) is 11.4. The van der Waals surface area contributed by atoms with Crippen molar-refractivity contribution in [3.8, 4) is 0 Å². The van der Waals surface area contributed by atoms with Crippen molar-refractivity contribution < 1.29 is 8.78 Å². The van der Waals surface area contributed by atoms with Crippen LogP contribution in [0.1, 0.15) is 39.1 Å². The molecule has 0 radical (unpaired) electrons. The molecule has 1 heterocycles. The molecule has 0 spiro atoms. The average Bonchev–Trinajstić information content (AvgIpc) is 2.81. The summed E-state index contributed by atoms with van der Waals surface area (Å²) in [7, 11) is 0. The summed E-state index contributed by atoms with van der Waals surface area (Å²) in [6.45, 7) is 3.09. The van der Waals surface area contributed by atoms with Crippen molar-refractivity contribution in [2.75, 3.05) is 6.54 Å². The third kappa shape index (κ3) is 3.41. The molecule has 1 N–H and O–H groups in total. The Kier molecular flexibility index (Phi) is 4.69. The molecule has 0 fully saturated rings. The molecular formula is C14H21F2N3. The Morgan fingerprint density at radius 2 is 2.32 bits per heavy atom. The lowest BCUT2D eigenvalue weighted by molar-refractivity contribution is 0.0665. The molecule has 3 nitrogen and oxygen atoms in total. The maximum absolute atomic E-state index is 12.7. The van der Waals surface area contributed by atoms with Crippen LogP contribution < -0.4 is 5.32 Å². The quantitative estimate of drug-likeness (QED) is 0.831. The molecule has 106 valence electrons. The number of imidazole rings is 1. The van der Waals surface area contributed by atoms with Gasteiger partial charge in [-0.3, -0.25) is 4.57 Å². The minimum absolute atomic E-state index is 0.383. The summed E-state index contributed by atoms with van der Waals surface area (Å²) in [5.74, 6) is 1.54. The second kappa shape index (κ2) is 6.28. The van der Waals surface area contributed by atoms with Gasteiger partial charge in [0.1, 0.15) is 5.82 Å². The maximum Gasteiger partial charge on any atom is 0.319 e. The molecule has 0 saturated carbocycles. The Morgan fingerprint density at radius 3 is 3.00 bits per heavy atom. The van der Waals surface area contributed by atoms with Crippen LogP contribution in [-0.4, -0.2) is 16.1 Å². The number of rotatable bonds is 5. The average molecular weight is 269 g/mol. The van der Waals surface area contributed by atoms with E-state index in [-0.39, 0.29) is 0 Å². The number of allylic oxidation sites excluding steroid dienone is 1. The van der Waals surface area contributed by atoms with Gasteiger partial charge in [0.2, 0.25) is 0 Å². The van der Waals surface area contributed by atoms with Crippen LogP contribution in [-0.2, 0) is 6.54 Å². The summed E-state index contributed by atoms with van der Waals surface area (Å²) in [4.78, 5) is 3.96. The first-order valence-corrected chi connectivity index (χ1v) is 6.77. The first-order chi connectivity index (χ1) is 9.09. The van der Waals surface area contributed by atoms with Gasteiger partial charge in [0.15, 0.2) is 0 Å². The molecule has 1 aliphatic rings. The number of nitrogens with one attached hydrogen (secondary N) is 1. The van der Waals surface area contributed by atoms with Crippen LogP contribution in [0.3, 0.4) is 0 Å². The third-order valence-electron chi connectivity index (χ3n) is 3.97. The Balaban J connectivity index is 1.88. The normalized spacial score (nSPS) is 23.7. The summed E-state index contributed by atoms with van der Waals surface area (Å²) in [5.41, 5.74) is 1.41. The molecule has 1 aliphatic carbocycles. The summed E-state index contributed by atoms with van der Waals surface area (Å²) in [5, 5.41) is 3.26. The van der Waals surface area contributed by atoms with Gasteiger partial charge in [-0.05, 0) is 31.6 Å². The van der Waals surface area contributed by atoms with E-state index in [0.29, 0.717) is 24.2 Å². The number of aromatic nitrogens is 2. The van der Waals surface area contributed by atoms with Gasteiger partial charge < -0.3 is 5.32 Å². The van der Waals surface area contributed by atoms with Crippen LogP contribution >= 0.6 is 0 Å². The van der Waals surface area contributed by atoms with E-state index in [4.69, 9.17) is 0 Å². The van der Waals surface area contributed by atoms with E-state index in [0.717, 1.165) is 17.5 Å². The summed E-state index contributed by atoms with van der Waals surface area (Å²) in [6.07, 6.45) is 7.37. The maximum atomic E-state index is 12.7. The third-order valence-corrected chi connectivity index (χ3v) is 3.97. The van der Waals surface area contributed by atoms with Gasteiger partial charge in [-0.25, -0.2) is 4.98 Å². The first-order valence-electron chi connectivity index (χ1n) is 6.77. The van der Waals surface area contributed by atoms with Crippen molar-refractivity contribution >= 4 is 0 Å². The van der Waals surface area contributed by atoms with Crippen LogP contribution in [0.25, 0.3) is 0 Å². The van der Waals surface area contributed by atoms with Gasteiger partial charge in [0, 0.05) is 18.9 Å². The van der Waals surface area contributed by atoms with Crippen molar-refractivity contribution in [3.05, 3.63) is 29.9 Å². The van der Waals surface area contributed by atoms with E-state index >= 15 is 0 Å². The van der Waals surface area contributed by atoms with Crippen LogP contribution in [0, 0.1) is 11.8 Å². The van der Waals surface area contributed by atoms with E-state index in [9.17, 15) is 8.78 Å². The van der Waals surface area contributed by atoms with E-state index in [1.165, 1.54) is 24.4 Å². The van der Waals surface area contributed by atoms with Crippen molar-refractivity contribution in [3.63, 3.8) is 0 Å². The molecule has 0 unspecified atom stereocenters. The molecule has 2 atom stereocenters. The molecule has 0 amide bonds. The van der Waals surface area contributed by atoms with Gasteiger partial charge in [-0.2, -0.15) is 8.78 Å². The van der Waals surface area contributed by atoms with Crippen LogP contribution in [0.15, 0.2) is 24.0 Å². The fourth-order valence-corrected chi connectivity index (χ4v) is 2.74. The highest BCUT2D eigenvalue weighted by atomic mass is 19.3. The molecule has 1 aromatic heterocycles. The van der Waals surface area contributed by atoms with Gasteiger partial charge in [-0.1, -0.05) is 18.6 Å². The predicted octanol–water partition coefficient (Wildman–Crippen LogP) is 3.36. The monoisotopic (exact) mass is 269 g/mol. The minimum atomic E-state index is -2.52. The van der Waals surface area contributed by atoms with Gasteiger partial charge in [0.25, 0.3) is 0 Å².